The standard InChI is InChI=1S/Cu.In.S.Zn.3H. The maximum absolute atomic E-state index is 3.77. The van der Waals surface area contributed by atoms with E-state index in [1.165, 1.54) is 0 Å². The predicted molar refractivity (Wildman–Crippen MR) is 17.5 cm³/mol. The molecule has 0 unspecified atom stereocenters. The van der Waals surface area contributed by atoms with Gasteiger partial charge in [-0.2, -0.15) is 0 Å². The molecule has 0 fully saturated rings. The van der Waals surface area contributed by atoms with Crippen molar-refractivity contribution in [3.8, 4) is 0 Å². The van der Waals surface area contributed by atoms with Crippen molar-refractivity contribution in [3.05, 3.63) is 0 Å². The summed E-state index contributed by atoms with van der Waals surface area (Å²) >= 11 is 3.77. The molecule has 4 heavy (non-hydrogen) atoms. The van der Waals surface area contributed by atoms with Gasteiger partial charge < -0.3 is 0 Å². The van der Waals surface area contributed by atoms with Crippen LogP contribution in [0, 0.1) is 0 Å². The van der Waals surface area contributed by atoms with Gasteiger partial charge in [0, 0.05) is 19.5 Å². The molecule has 0 bridgehead atoms. The van der Waals surface area contributed by atoms with E-state index in [1.807, 2.05) is 0 Å². The van der Waals surface area contributed by atoms with Gasteiger partial charge in [-0.25, -0.2) is 0 Å². The first-order chi connectivity index (χ1) is 1.00. The third-order valence-electron chi connectivity index (χ3n) is 0. The molecular weight excluding hydrogens is 276 g/mol. The third kappa shape index (κ3) is 8.87. The number of rotatable bonds is 0. The van der Waals surface area contributed by atoms with Crippen LogP contribution < -0.4 is 0 Å². The van der Waals surface area contributed by atoms with Crippen LogP contribution in [-0.2, 0) is 33.9 Å². The average Bonchev–Trinajstić information content (AvgIpc) is 1.00. The van der Waals surface area contributed by atoms with Gasteiger partial charge in [0.25, 0.3) is 0 Å². The minimum Gasteiger partial charge on any atom is 0 e. The summed E-state index contributed by atoms with van der Waals surface area (Å²) in [6.07, 6.45) is 0. The summed E-state index contributed by atoms with van der Waals surface area (Å²) in [7, 11) is 3.65. The largest absolute Gasteiger partial charge is 0 e. The van der Waals surface area contributed by atoms with E-state index in [0.717, 1.165) is 0 Å². The van der Waals surface area contributed by atoms with Crippen LogP contribution in [0.4, 0.5) is 0 Å². The molecule has 0 aliphatic rings. The second kappa shape index (κ2) is 18.8. The van der Waals surface area contributed by atoms with Crippen LogP contribution in [0.5, 0.6) is 0 Å². The number of hydrogen-bond donors (Lipinski definition) is 0. The quantitative estimate of drug-likeness (QED) is 0.537. The van der Waals surface area contributed by atoms with Crippen LogP contribution in [0.2, 0.25) is 0 Å². The Kier molecular flexibility index (Phi) is 76.8. The van der Waals surface area contributed by atoms with Crippen LogP contribution in [0.25, 0.3) is 0 Å². The summed E-state index contributed by atoms with van der Waals surface area (Å²) < 4.78 is 0. The van der Waals surface area contributed by atoms with Gasteiger partial charge in [0.05, 0.1) is 0 Å². The Morgan fingerprint density at radius 3 is 1.25 bits per heavy atom. The maximum Gasteiger partial charge on any atom is 0 e. The van der Waals surface area contributed by atoms with Gasteiger partial charge in [0.1, 0.15) is 0 Å². The van der Waals surface area contributed by atoms with Gasteiger partial charge in [0.15, 0.2) is 0 Å². The number of hydrogen-bond acceptors (Lipinski definition) is 1. The summed E-state index contributed by atoms with van der Waals surface area (Å²) in [4.78, 5) is 0. The Balaban J connectivity index is -0.00000000500. The van der Waals surface area contributed by atoms with Gasteiger partial charge in [-0.3, -0.25) is 0 Å². The zero-order valence-corrected chi connectivity index (χ0v) is 6.14. The zero-order valence-electron chi connectivity index (χ0n) is 1.42. The molecule has 25 valence electrons. The molecular formula is H3CuInSZn. The zero-order chi connectivity index (χ0) is 2.00. The van der Waals surface area contributed by atoms with E-state index in [0.29, 0.717) is 0 Å². The van der Waals surface area contributed by atoms with Crippen molar-refractivity contribution in [2.75, 3.05) is 0 Å². The van der Waals surface area contributed by atoms with E-state index in [1.54, 1.807) is 0 Å². The maximum atomic E-state index is 3.77. The molecule has 0 amide bonds. The van der Waals surface area contributed by atoms with Crippen molar-refractivity contribution in [1.82, 2.24) is 0 Å². The molecule has 0 atom stereocenters. The average molecular weight is 279 g/mol. The summed E-state index contributed by atoms with van der Waals surface area (Å²) in [6.45, 7) is 0. The molecule has 0 aromatic rings. The van der Waals surface area contributed by atoms with Gasteiger partial charge in [-0.1, -0.05) is 0 Å². The summed E-state index contributed by atoms with van der Waals surface area (Å²) in [5, 5.41) is 0. The molecule has 0 aliphatic carbocycles. The fourth-order valence-corrected chi connectivity index (χ4v) is 0. The molecule has 0 aliphatic heterocycles. The van der Waals surface area contributed by atoms with E-state index in [4.69, 9.17) is 0 Å². The van der Waals surface area contributed by atoms with Crippen LogP contribution in [0.3, 0.4) is 0 Å². The summed E-state index contributed by atoms with van der Waals surface area (Å²) in [6, 6.07) is 0. The van der Waals surface area contributed by atoms with E-state index in [2.05, 4.69) is 24.9 Å². The smallest absolute Gasteiger partial charge is 0 e. The second-order valence-corrected chi connectivity index (χ2v) is 0. The molecule has 0 saturated heterocycles. The van der Waals surface area contributed by atoms with Crippen molar-refractivity contribution in [3.63, 3.8) is 0 Å². The first kappa shape index (κ1) is 16.3. The molecule has 0 aromatic heterocycles. The Bertz CT molecular complexity index is 8.00. The molecule has 0 aromatic carbocycles. The second-order valence-electron chi connectivity index (χ2n) is 0. The summed E-state index contributed by atoms with van der Waals surface area (Å²) in [5.41, 5.74) is 0. The minimum absolute atomic E-state index is 0. The van der Waals surface area contributed by atoms with Crippen molar-refractivity contribution >= 4 is 36.4 Å². The molecule has 0 saturated carbocycles. The van der Waals surface area contributed by atoms with Gasteiger partial charge in [-0.15, -0.1) is 0 Å². The van der Waals surface area contributed by atoms with Crippen LogP contribution in [-0.4, -0.2) is 25.8 Å². The normalized spacial score (nSPS) is 1.50. The Morgan fingerprint density at radius 2 is 1.25 bits per heavy atom. The molecule has 0 N–H and O–H groups in total. The van der Waals surface area contributed by atoms with Gasteiger partial charge >= 0.3 is 50.8 Å². The van der Waals surface area contributed by atoms with Crippen LogP contribution in [0.15, 0.2) is 0 Å². The van der Waals surface area contributed by atoms with Gasteiger partial charge in [-0.05, 0) is 0 Å². The molecule has 0 radical (unpaired) electrons. The van der Waals surface area contributed by atoms with E-state index in [9.17, 15) is 0 Å². The molecule has 4 heteroatoms. The van der Waals surface area contributed by atoms with Crippen molar-refractivity contribution in [2.45, 2.75) is 0 Å². The SMILES string of the molecule is [InH3].[S]=[Cu].[Zn]. The fraction of sp³-hybridized carbons (Fsp3) is 0. The monoisotopic (exact) mass is 277 g/mol. The van der Waals surface area contributed by atoms with E-state index in [-0.39, 0.29) is 45.3 Å². The van der Waals surface area contributed by atoms with Crippen molar-refractivity contribution in [2.24, 2.45) is 0 Å². The summed E-state index contributed by atoms with van der Waals surface area (Å²) in [5.74, 6) is 0. The van der Waals surface area contributed by atoms with Crippen LogP contribution in [0.1, 0.15) is 0 Å². The fourth-order valence-electron chi connectivity index (χ4n) is 0. The third-order valence-corrected chi connectivity index (χ3v) is 0. The first-order valence-electron chi connectivity index (χ1n) is 0.123. The van der Waals surface area contributed by atoms with Crippen molar-refractivity contribution in [1.29, 1.82) is 0 Å². The Morgan fingerprint density at radius 1 is 1.25 bits per heavy atom. The molecule has 0 heterocycles. The van der Waals surface area contributed by atoms with Gasteiger partial charge in [0.2, 0.25) is 0 Å². The van der Waals surface area contributed by atoms with Crippen LogP contribution >= 0.6 is 10.6 Å². The Hall–Kier alpha value is 2.23. The Labute approximate surface area is 69.3 Å². The molecule has 0 rings (SSSR count). The molecule has 0 spiro atoms. The topological polar surface area (TPSA) is 0 Å². The van der Waals surface area contributed by atoms with E-state index >= 15 is 0 Å². The molecule has 0 nitrogen and oxygen atoms in total. The predicted octanol–water partition coefficient (Wildman–Crippen LogP) is -0.541. The first-order valence-corrected chi connectivity index (χ1v) is 1.52. The minimum atomic E-state index is 0. The van der Waals surface area contributed by atoms with Crippen molar-refractivity contribution < 1.29 is 33.9 Å². The van der Waals surface area contributed by atoms with E-state index < -0.39 is 0 Å².